The van der Waals surface area contributed by atoms with Gasteiger partial charge in [0, 0.05) is 37.9 Å². The van der Waals surface area contributed by atoms with Crippen LogP contribution in [0.1, 0.15) is 12.5 Å². The van der Waals surface area contributed by atoms with Crippen LogP contribution in [0.4, 0.5) is 0 Å². The molecule has 2 amide bonds. The predicted octanol–water partition coefficient (Wildman–Crippen LogP) is 0.403. The Hall–Kier alpha value is -2.67. The second-order valence-electron chi connectivity index (χ2n) is 6.64. The Labute approximate surface area is 146 Å². The Morgan fingerprint density at radius 1 is 1.20 bits per heavy atom. The zero-order valence-electron chi connectivity index (χ0n) is 14.1. The van der Waals surface area contributed by atoms with Crippen LogP contribution < -0.4 is 5.32 Å². The third kappa shape index (κ3) is 3.02. The molecule has 2 aromatic rings. The van der Waals surface area contributed by atoms with Crippen molar-refractivity contribution in [3.05, 3.63) is 48.3 Å². The number of para-hydroxylation sites is 1. The third-order valence-corrected chi connectivity index (χ3v) is 4.84. The van der Waals surface area contributed by atoms with E-state index in [1.807, 2.05) is 47.4 Å². The lowest BCUT2D eigenvalue weighted by atomic mass is 10.0. The smallest absolute Gasteiger partial charge is 0.245 e. The van der Waals surface area contributed by atoms with Crippen molar-refractivity contribution in [2.45, 2.75) is 25.6 Å². The van der Waals surface area contributed by atoms with E-state index in [9.17, 15) is 9.59 Å². The molecule has 0 aliphatic carbocycles. The molecule has 130 valence electrons. The van der Waals surface area contributed by atoms with E-state index in [0.717, 1.165) is 17.8 Å². The molecule has 3 heterocycles. The summed E-state index contributed by atoms with van der Waals surface area (Å²) in [5, 5.41) is 7.18. The van der Waals surface area contributed by atoms with Gasteiger partial charge in [-0.25, -0.2) is 4.68 Å². The van der Waals surface area contributed by atoms with E-state index in [2.05, 4.69) is 15.3 Å². The average Bonchev–Trinajstić information content (AvgIpc) is 3.09. The molecule has 0 unspecified atom stereocenters. The lowest BCUT2D eigenvalue weighted by Crippen LogP contribution is -2.68. The summed E-state index contributed by atoms with van der Waals surface area (Å²) in [6.45, 7) is 4.36. The normalized spacial score (nSPS) is 24.1. The fraction of sp³-hybridized carbons (Fsp3) is 0.389. The molecule has 2 aliphatic heterocycles. The van der Waals surface area contributed by atoms with Gasteiger partial charge in [0.05, 0.1) is 11.9 Å². The summed E-state index contributed by atoms with van der Waals surface area (Å²) >= 11 is 0. The molecule has 1 aromatic heterocycles. The molecular formula is C18H21N5O2. The van der Waals surface area contributed by atoms with E-state index >= 15 is 0 Å². The predicted molar refractivity (Wildman–Crippen MR) is 91.9 cm³/mol. The molecular weight excluding hydrogens is 318 g/mol. The fourth-order valence-corrected chi connectivity index (χ4v) is 3.51. The molecule has 2 atom stereocenters. The Morgan fingerprint density at radius 3 is 2.80 bits per heavy atom. The first-order valence-electron chi connectivity index (χ1n) is 8.54. The maximum absolute atomic E-state index is 12.2. The van der Waals surface area contributed by atoms with Crippen LogP contribution >= 0.6 is 0 Å². The molecule has 0 bridgehead atoms. The van der Waals surface area contributed by atoms with E-state index in [-0.39, 0.29) is 17.9 Å². The van der Waals surface area contributed by atoms with Gasteiger partial charge in [-0.05, 0) is 19.1 Å². The zero-order chi connectivity index (χ0) is 17.4. The topological polar surface area (TPSA) is 70.5 Å². The van der Waals surface area contributed by atoms with Gasteiger partial charge in [-0.1, -0.05) is 18.2 Å². The second-order valence-corrected chi connectivity index (χ2v) is 6.64. The molecule has 0 saturated carbocycles. The first kappa shape index (κ1) is 15.8. The van der Waals surface area contributed by atoms with Crippen LogP contribution in [0.15, 0.2) is 42.7 Å². The quantitative estimate of drug-likeness (QED) is 0.879. The third-order valence-electron chi connectivity index (χ3n) is 4.84. The number of rotatable bonds is 3. The van der Waals surface area contributed by atoms with Gasteiger partial charge < -0.3 is 10.2 Å². The van der Waals surface area contributed by atoms with E-state index in [1.165, 1.54) is 0 Å². The van der Waals surface area contributed by atoms with Crippen LogP contribution in [0.2, 0.25) is 0 Å². The molecule has 2 fully saturated rings. The van der Waals surface area contributed by atoms with E-state index in [4.69, 9.17) is 0 Å². The maximum Gasteiger partial charge on any atom is 0.245 e. The van der Waals surface area contributed by atoms with Crippen LogP contribution in [0.25, 0.3) is 5.69 Å². The van der Waals surface area contributed by atoms with E-state index in [0.29, 0.717) is 19.6 Å². The summed E-state index contributed by atoms with van der Waals surface area (Å²) in [5.74, 6) is -0.0436. The van der Waals surface area contributed by atoms with Gasteiger partial charge >= 0.3 is 0 Å². The van der Waals surface area contributed by atoms with E-state index in [1.54, 1.807) is 11.8 Å². The van der Waals surface area contributed by atoms with Crippen LogP contribution in [0, 0.1) is 0 Å². The highest BCUT2D eigenvalue weighted by Crippen LogP contribution is 2.18. The Kier molecular flexibility index (Phi) is 4.01. The van der Waals surface area contributed by atoms with Gasteiger partial charge in [-0.15, -0.1) is 0 Å². The lowest BCUT2D eigenvalue weighted by molar-refractivity contribution is -0.152. The van der Waals surface area contributed by atoms with Crippen molar-refractivity contribution >= 4 is 11.8 Å². The first-order chi connectivity index (χ1) is 12.1. The molecule has 0 spiro atoms. The standard InChI is InChI=1S/C18H21N5O2/c1-13-18(25)22-8-7-21(12-16(22)17(24)20-13)10-14-9-19-23(11-14)15-5-3-2-4-6-15/h2-6,9,11,13,16H,7-8,10,12H2,1H3,(H,20,24)/t13-,16+/m0/s1. The minimum Gasteiger partial charge on any atom is -0.343 e. The number of fused-ring (bicyclic) bond motifs is 1. The summed E-state index contributed by atoms with van der Waals surface area (Å²) < 4.78 is 1.85. The summed E-state index contributed by atoms with van der Waals surface area (Å²) in [7, 11) is 0. The number of hydrogen-bond acceptors (Lipinski definition) is 4. The number of carbonyl (C=O) groups is 2. The zero-order valence-corrected chi connectivity index (χ0v) is 14.1. The molecule has 1 N–H and O–H groups in total. The van der Waals surface area contributed by atoms with Crippen LogP contribution in [-0.4, -0.2) is 63.1 Å². The number of piperazine rings is 2. The van der Waals surface area contributed by atoms with Gasteiger partial charge in [0.25, 0.3) is 0 Å². The molecule has 1 aromatic carbocycles. The van der Waals surface area contributed by atoms with Crippen molar-refractivity contribution in [2.24, 2.45) is 0 Å². The highest BCUT2D eigenvalue weighted by Gasteiger charge is 2.41. The van der Waals surface area contributed by atoms with Crippen molar-refractivity contribution < 1.29 is 9.59 Å². The van der Waals surface area contributed by atoms with Crippen molar-refractivity contribution in [1.82, 2.24) is 24.9 Å². The summed E-state index contributed by atoms with van der Waals surface area (Å²) in [6, 6.07) is 9.15. The van der Waals surface area contributed by atoms with Gasteiger partial charge in [0.1, 0.15) is 12.1 Å². The van der Waals surface area contributed by atoms with E-state index < -0.39 is 6.04 Å². The number of aromatic nitrogens is 2. The molecule has 4 rings (SSSR count). The number of amides is 2. The van der Waals surface area contributed by atoms with Gasteiger partial charge in [0.15, 0.2) is 0 Å². The fourth-order valence-electron chi connectivity index (χ4n) is 3.51. The number of hydrogen-bond donors (Lipinski definition) is 1. The first-order valence-corrected chi connectivity index (χ1v) is 8.54. The van der Waals surface area contributed by atoms with Crippen molar-refractivity contribution in [3.8, 4) is 5.69 Å². The number of benzene rings is 1. The van der Waals surface area contributed by atoms with Crippen molar-refractivity contribution in [3.63, 3.8) is 0 Å². The van der Waals surface area contributed by atoms with Crippen LogP contribution in [0.3, 0.4) is 0 Å². The SMILES string of the molecule is C[C@@H]1NC(=O)[C@H]2CN(Cc3cnn(-c4ccccc4)c3)CCN2C1=O. The molecule has 25 heavy (non-hydrogen) atoms. The largest absolute Gasteiger partial charge is 0.343 e. The monoisotopic (exact) mass is 339 g/mol. The molecule has 2 saturated heterocycles. The van der Waals surface area contributed by atoms with Crippen LogP contribution in [0.5, 0.6) is 0 Å². The van der Waals surface area contributed by atoms with Crippen molar-refractivity contribution in [1.29, 1.82) is 0 Å². The number of nitrogens with one attached hydrogen (secondary N) is 1. The minimum absolute atomic E-state index is 0.0150. The average molecular weight is 339 g/mol. The lowest BCUT2D eigenvalue weighted by Gasteiger charge is -2.44. The van der Waals surface area contributed by atoms with Crippen LogP contribution in [-0.2, 0) is 16.1 Å². The summed E-state index contributed by atoms with van der Waals surface area (Å²) in [5.41, 5.74) is 2.11. The van der Waals surface area contributed by atoms with Gasteiger partial charge in [-0.3, -0.25) is 14.5 Å². The molecule has 7 heteroatoms. The van der Waals surface area contributed by atoms with Gasteiger partial charge in [-0.2, -0.15) is 5.10 Å². The Balaban J connectivity index is 1.44. The summed E-state index contributed by atoms with van der Waals surface area (Å²) in [4.78, 5) is 28.4. The second kappa shape index (κ2) is 6.33. The highest BCUT2D eigenvalue weighted by atomic mass is 16.2. The number of carbonyl (C=O) groups excluding carboxylic acids is 2. The Morgan fingerprint density at radius 2 is 2.00 bits per heavy atom. The molecule has 7 nitrogen and oxygen atoms in total. The van der Waals surface area contributed by atoms with Crippen molar-refractivity contribution in [2.75, 3.05) is 19.6 Å². The maximum atomic E-state index is 12.2. The Bertz CT molecular complexity index is 788. The minimum atomic E-state index is -0.417. The molecule has 2 aliphatic rings. The number of nitrogens with zero attached hydrogens (tertiary/aromatic N) is 4. The summed E-state index contributed by atoms with van der Waals surface area (Å²) in [6.07, 6.45) is 3.86. The highest BCUT2D eigenvalue weighted by molar-refractivity contribution is 5.97. The van der Waals surface area contributed by atoms with Gasteiger partial charge in [0.2, 0.25) is 11.8 Å². The molecule has 0 radical (unpaired) electrons.